The van der Waals surface area contributed by atoms with E-state index in [2.05, 4.69) is 47.1 Å². The molecular weight excluding hydrogens is 306 g/mol. The highest BCUT2D eigenvalue weighted by atomic mass is 79.9. The van der Waals surface area contributed by atoms with Gasteiger partial charge in [-0.15, -0.1) is 0 Å². The number of nitrogens with zero attached hydrogens (tertiary/aromatic N) is 2. The van der Waals surface area contributed by atoms with Crippen LogP contribution >= 0.6 is 15.9 Å². The Morgan fingerprint density at radius 1 is 1.53 bits per heavy atom. The van der Waals surface area contributed by atoms with Crippen molar-refractivity contribution in [2.24, 2.45) is 12.5 Å². The van der Waals surface area contributed by atoms with Crippen LogP contribution in [0.4, 0.5) is 0 Å². The molecule has 1 aromatic rings. The minimum Gasteiger partial charge on any atom is -0.381 e. The van der Waals surface area contributed by atoms with Gasteiger partial charge in [0.05, 0.1) is 22.0 Å². The van der Waals surface area contributed by atoms with Crippen LogP contribution in [0.5, 0.6) is 0 Å². The Bertz CT molecular complexity index is 456. The van der Waals surface area contributed by atoms with Gasteiger partial charge in [0.1, 0.15) is 0 Å². The number of ether oxygens (including phenoxy) is 1. The number of hydrogen-bond donors (Lipinski definition) is 1. The van der Waals surface area contributed by atoms with Crippen LogP contribution < -0.4 is 5.32 Å². The highest BCUT2D eigenvalue weighted by Gasteiger charge is 2.48. The molecule has 0 bridgehead atoms. The lowest BCUT2D eigenvalue weighted by molar-refractivity contribution is -0.0980. The minimum absolute atomic E-state index is 0.202. The molecule has 1 fully saturated rings. The molecule has 5 heteroatoms. The molecule has 2 rings (SSSR count). The molecule has 1 N–H and O–H groups in total. The molecule has 0 radical (unpaired) electrons. The van der Waals surface area contributed by atoms with Crippen molar-refractivity contribution in [1.82, 2.24) is 15.1 Å². The first-order valence-electron chi connectivity index (χ1n) is 6.88. The first-order chi connectivity index (χ1) is 8.91. The first kappa shape index (κ1) is 15.0. The SMILES string of the molecule is CCc1nn(C)c(CNC2CC(OC)C2(C)C)c1Br. The van der Waals surface area contributed by atoms with Gasteiger partial charge >= 0.3 is 0 Å². The number of rotatable bonds is 5. The highest BCUT2D eigenvalue weighted by Crippen LogP contribution is 2.42. The topological polar surface area (TPSA) is 39.1 Å². The Morgan fingerprint density at radius 2 is 2.21 bits per heavy atom. The number of aryl methyl sites for hydroxylation is 2. The van der Waals surface area contributed by atoms with Crippen LogP contribution in [0.2, 0.25) is 0 Å². The van der Waals surface area contributed by atoms with Gasteiger partial charge in [-0.1, -0.05) is 20.8 Å². The van der Waals surface area contributed by atoms with Gasteiger partial charge in [-0.05, 0) is 28.8 Å². The average molecular weight is 330 g/mol. The standard InChI is InChI=1S/C14H24BrN3O/c1-6-9-13(15)10(18(4)17-9)8-16-11-7-12(19-5)14(11,2)3/h11-12,16H,6-8H2,1-5H3. The molecule has 1 aliphatic rings. The molecule has 0 saturated heterocycles. The molecule has 1 aromatic heterocycles. The number of hydrogen-bond acceptors (Lipinski definition) is 3. The smallest absolute Gasteiger partial charge is 0.0767 e. The number of halogens is 1. The number of nitrogens with one attached hydrogen (secondary N) is 1. The summed E-state index contributed by atoms with van der Waals surface area (Å²) in [6.07, 6.45) is 2.40. The van der Waals surface area contributed by atoms with Crippen LogP contribution in [0.25, 0.3) is 0 Å². The quantitative estimate of drug-likeness (QED) is 0.902. The predicted molar refractivity (Wildman–Crippen MR) is 80.1 cm³/mol. The van der Waals surface area contributed by atoms with E-state index in [0.717, 1.165) is 29.6 Å². The third-order valence-corrected chi connectivity index (χ3v) is 5.40. The minimum atomic E-state index is 0.202. The van der Waals surface area contributed by atoms with Crippen molar-refractivity contribution < 1.29 is 4.74 Å². The fraction of sp³-hybridized carbons (Fsp3) is 0.786. The predicted octanol–water partition coefficient (Wildman–Crippen LogP) is 2.65. The molecule has 1 aliphatic carbocycles. The summed E-state index contributed by atoms with van der Waals surface area (Å²) in [7, 11) is 3.80. The summed E-state index contributed by atoms with van der Waals surface area (Å²) in [4.78, 5) is 0. The van der Waals surface area contributed by atoms with E-state index in [0.29, 0.717) is 12.1 Å². The molecule has 108 valence electrons. The Kier molecular flexibility index (Phi) is 4.38. The van der Waals surface area contributed by atoms with E-state index in [1.165, 1.54) is 5.69 Å². The molecule has 2 atom stereocenters. The summed E-state index contributed by atoms with van der Waals surface area (Å²) < 4.78 is 8.60. The van der Waals surface area contributed by atoms with Crippen LogP contribution in [0.3, 0.4) is 0 Å². The van der Waals surface area contributed by atoms with E-state index < -0.39 is 0 Å². The fourth-order valence-corrected chi connectivity index (χ4v) is 3.62. The van der Waals surface area contributed by atoms with E-state index in [1.54, 1.807) is 7.11 Å². The van der Waals surface area contributed by atoms with Gasteiger partial charge in [-0.2, -0.15) is 5.10 Å². The van der Waals surface area contributed by atoms with Crippen LogP contribution in [0.1, 0.15) is 38.6 Å². The lowest BCUT2D eigenvalue weighted by Crippen LogP contribution is -2.60. The maximum atomic E-state index is 5.49. The third-order valence-electron chi connectivity index (χ3n) is 4.48. The monoisotopic (exact) mass is 329 g/mol. The second kappa shape index (κ2) is 5.54. The fourth-order valence-electron chi connectivity index (χ4n) is 2.86. The maximum absolute atomic E-state index is 5.49. The van der Waals surface area contributed by atoms with Crippen molar-refractivity contribution >= 4 is 15.9 Å². The summed E-state index contributed by atoms with van der Waals surface area (Å²) in [5.74, 6) is 0. The molecule has 0 aromatic carbocycles. The molecule has 1 heterocycles. The lowest BCUT2D eigenvalue weighted by Gasteiger charge is -2.51. The zero-order chi connectivity index (χ0) is 14.2. The number of aromatic nitrogens is 2. The van der Waals surface area contributed by atoms with Gasteiger partial charge in [0.25, 0.3) is 0 Å². The van der Waals surface area contributed by atoms with E-state index in [-0.39, 0.29) is 5.41 Å². The van der Waals surface area contributed by atoms with Gasteiger partial charge in [0.2, 0.25) is 0 Å². The highest BCUT2D eigenvalue weighted by molar-refractivity contribution is 9.10. The molecule has 2 unspecified atom stereocenters. The Hall–Kier alpha value is -0.390. The number of methoxy groups -OCH3 is 1. The average Bonchev–Trinajstić information content (AvgIpc) is 2.64. The molecule has 1 saturated carbocycles. The van der Waals surface area contributed by atoms with Crippen LogP contribution in [-0.2, 0) is 24.8 Å². The van der Waals surface area contributed by atoms with Gasteiger partial charge < -0.3 is 10.1 Å². The second-order valence-corrected chi connectivity index (χ2v) is 6.69. The van der Waals surface area contributed by atoms with Crippen LogP contribution in [0.15, 0.2) is 4.47 Å². The Balaban J connectivity index is 1.99. The Morgan fingerprint density at radius 3 is 2.68 bits per heavy atom. The largest absolute Gasteiger partial charge is 0.381 e. The third kappa shape index (κ3) is 2.60. The molecule has 0 spiro atoms. The summed E-state index contributed by atoms with van der Waals surface area (Å²) in [5, 5.41) is 8.16. The van der Waals surface area contributed by atoms with E-state index in [9.17, 15) is 0 Å². The van der Waals surface area contributed by atoms with Crippen molar-refractivity contribution in [3.05, 3.63) is 15.9 Å². The summed E-state index contributed by atoms with van der Waals surface area (Å²) >= 11 is 3.66. The van der Waals surface area contributed by atoms with Gasteiger partial charge in [0.15, 0.2) is 0 Å². The Labute approximate surface area is 124 Å². The first-order valence-corrected chi connectivity index (χ1v) is 7.67. The molecule has 0 amide bonds. The van der Waals surface area contributed by atoms with Gasteiger partial charge in [0, 0.05) is 32.2 Å². The van der Waals surface area contributed by atoms with E-state index in [1.807, 2.05) is 11.7 Å². The van der Waals surface area contributed by atoms with Crippen LogP contribution in [-0.4, -0.2) is 29.0 Å². The molecular formula is C14H24BrN3O. The van der Waals surface area contributed by atoms with Crippen molar-refractivity contribution in [2.45, 2.75) is 52.3 Å². The summed E-state index contributed by atoms with van der Waals surface area (Å²) in [5.41, 5.74) is 2.54. The lowest BCUT2D eigenvalue weighted by atomic mass is 9.64. The van der Waals surface area contributed by atoms with E-state index >= 15 is 0 Å². The van der Waals surface area contributed by atoms with Crippen molar-refractivity contribution in [3.63, 3.8) is 0 Å². The van der Waals surface area contributed by atoms with E-state index in [4.69, 9.17) is 4.74 Å². The molecule has 4 nitrogen and oxygen atoms in total. The van der Waals surface area contributed by atoms with Gasteiger partial charge in [-0.25, -0.2) is 0 Å². The normalized spacial score (nSPS) is 25.4. The van der Waals surface area contributed by atoms with Crippen LogP contribution in [0, 0.1) is 5.41 Å². The maximum Gasteiger partial charge on any atom is 0.0767 e. The van der Waals surface area contributed by atoms with Crippen molar-refractivity contribution in [1.29, 1.82) is 0 Å². The van der Waals surface area contributed by atoms with Crippen molar-refractivity contribution in [3.8, 4) is 0 Å². The van der Waals surface area contributed by atoms with Crippen molar-refractivity contribution in [2.75, 3.05) is 7.11 Å². The summed E-state index contributed by atoms with van der Waals surface area (Å²) in [6.45, 7) is 7.49. The summed E-state index contributed by atoms with van der Waals surface area (Å²) in [6, 6.07) is 0.504. The van der Waals surface area contributed by atoms with Gasteiger partial charge in [-0.3, -0.25) is 4.68 Å². The zero-order valence-electron chi connectivity index (χ0n) is 12.5. The molecule has 0 aliphatic heterocycles. The zero-order valence-corrected chi connectivity index (χ0v) is 14.0. The second-order valence-electron chi connectivity index (χ2n) is 5.90. The molecule has 19 heavy (non-hydrogen) atoms.